The molecule has 0 unspecified atom stereocenters. The minimum absolute atomic E-state index is 0.0355. The number of pyridine rings is 2. The van der Waals surface area contributed by atoms with E-state index in [1.54, 1.807) is 29.2 Å². The Hall–Kier alpha value is -2.74. The normalized spacial score (nSPS) is 11.7. The van der Waals surface area contributed by atoms with Gasteiger partial charge in [-0.1, -0.05) is 11.6 Å². The summed E-state index contributed by atoms with van der Waals surface area (Å²) in [5.74, 6) is 0. The highest BCUT2D eigenvalue weighted by Crippen LogP contribution is 2.26. The maximum atomic E-state index is 12.5. The van der Waals surface area contributed by atoms with Gasteiger partial charge in [-0.15, -0.1) is 0 Å². The molecule has 3 N–H and O–H groups in total. The molecule has 0 bridgehead atoms. The number of fused-ring (bicyclic) bond motifs is 1. The van der Waals surface area contributed by atoms with Gasteiger partial charge in [-0.25, -0.2) is 0 Å². The Labute approximate surface area is 143 Å². The van der Waals surface area contributed by atoms with Crippen LogP contribution in [-0.2, 0) is 12.7 Å². The Morgan fingerprint density at radius 2 is 1.76 bits per heavy atom. The second kappa shape index (κ2) is 6.29. The predicted octanol–water partition coefficient (Wildman–Crippen LogP) is 3.50. The summed E-state index contributed by atoms with van der Waals surface area (Å²) in [6, 6.07) is 8.35. The molecule has 0 radical (unpaired) electrons. The molecule has 0 spiro atoms. The zero-order valence-electron chi connectivity index (χ0n) is 12.5. The zero-order chi connectivity index (χ0) is 18.2. The molecule has 0 saturated carbocycles. The molecule has 1 aromatic carbocycles. The van der Waals surface area contributed by atoms with Crippen LogP contribution in [0.15, 0.2) is 46.0 Å². The second-order valence-corrected chi connectivity index (χ2v) is 5.76. The maximum absolute atomic E-state index is 12.5. The van der Waals surface area contributed by atoms with Crippen LogP contribution in [0.1, 0.15) is 11.3 Å². The van der Waals surface area contributed by atoms with Crippen LogP contribution < -0.4 is 16.4 Å². The fourth-order valence-electron chi connectivity index (χ4n) is 2.32. The number of alkyl halides is 3. The van der Waals surface area contributed by atoms with E-state index in [1.165, 1.54) is 0 Å². The maximum Gasteiger partial charge on any atom is 0.431 e. The lowest BCUT2D eigenvalue weighted by Crippen LogP contribution is -2.21. The largest absolute Gasteiger partial charge is 0.431 e. The van der Waals surface area contributed by atoms with Crippen LogP contribution >= 0.6 is 11.6 Å². The van der Waals surface area contributed by atoms with Crippen molar-refractivity contribution in [2.75, 3.05) is 5.32 Å². The molecule has 25 heavy (non-hydrogen) atoms. The summed E-state index contributed by atoms with van der Waals surface area (Å²) in [4.78, 5) is 28.2. The summed E-state index contributed by atoms with van der Waals surface area (Å²) in [6.45, 7) is -0.0355. The number of nitrogens with one attached hydrogen (secondary N) is 3. The lowest BCUT2D eigenvalue weighted by Gasteiger charge is -2.09. The molecular weight excluding hydrogens is 359 g/mol. The first-order valence-electron chi connectivity index (χ1n) is 7.10. The SMILES string of the molecule is O=c1[nH]c2ccc(Cl)cc2cc1CNc1ccc(C(F)(F)F)[nH]c1=O. The molecule has 0 aliphatic carbocycles. The number of anilines is 1. The van der Waals surface area contributed by atoms with Crippen molar-refractivity contribution in [2.24, 2.45) is 0 Å². The van der Waals surface area contributed by atoms with Crippen molar-refractivity contribution in [3.63, 3.8) is 0 Å². The fourth-order valence-corrected chi connectivity index (χ4v) is 2.50. The first kappa shape index (κ1) is 17.1. The van der Waals surface area contributed by atoms with Gasteiger partial charge in [-0.3, -0.25) is 9.59 Å². The Bertz CT molecular complexity index is 1060. The molecule has 3 rings (SSSR count). The monoisotopic (exact) mass is 369 g/mol. The Kier molecular flexibility index (Phi) is 4.30. The summed E-state index contributed by atoms with van der Waals surface area (Å²) in [7, 11) is 0. The number of aromatic nitrogens is 2. The zero-order valence-corrected chi connectivity index (χ0v) is 13.3. The van der Waals surface area contributed by atoms with Crippen molar-refractivity contribution in [1.29, 1.82) is 0 Å². The van der Waals surface area contributed by atoms with Crippen LogP contribution in [-0.4, -0.2) is 9.97 Å². The Morgan fingerprint density at radius 3 is 2.44 bits per heavy atom. The second-order valence-electron chi connectivity index (χ2n) is 5.32. The van der Waals surface area contributed by atoms with Crippen LogP contribution in [0.4, 0.5) is 18.9 Å². The van der Waals surface area contributed by atoms with Crippen LogP contribution in [0.25, 0.3) is 10.9 Å². The smallest absolute Gasteiger partial charge is 0.376 e. The van der Waals surface area contributed by atoms with E-state index >= 15 is 0 Å². The molecule has 0 atom stereocenters. The first-order chi connectivity index (χ1) is 11.7. The molecular formula is C16H11ClF3N3O2. The molecule has 130 valence electrons. The summed E-state index contributed by atoms with van der Waals surface area (Å²) in [5.41, 5.74) is -1.58. The van der Waals surface area contributed by atoms with E-state index in [9.17, 15) is 22.8 Å². The lowest BCUT2D eigenvalue weighted by molar-refractivity contribution is -0.141. The number of benzene rings is 1. The molecule has 0 saturated heterocycles. The minimum atomic E-state index is -4.63. The van der Waals surface area contributed by atoms with E-state index in [2.05, 4.69) is 10.3 Å². The number of halogens is 4. The van der Waals surface area contributed by atoms with Gasteiger partial charge in [0.15, 0.2) is 0 Å². The summed E-state index contributed by atoms with van der Waals surface area (Å²) < 4.78 is 37.6. The third-order valence-corrected chi connectivity index (χ3v) is 3.80. The predicted molar refractivity (Wildman–Crippen MR) is 89.0 cm³/mol. The first-order valence-corrected chi connectivity index (χ1v) is 7.48. The van der Waals surface area contributed by atoms with Crippen molar-refractivity contribution in [3.8, 4) is 0 Å². The van der Waals surface area contributed by atoms with Gasteiger partial charge in [0.1, 0.15) is 11.4 Å². The highest BCUT2D eigenvalue weighted by molar-refractivity contribution is 6.31. The highest BCUT2D eigenvalue weighted by Gasteiger charge is 2.31. The average Bonchev–Trinajstić information content (AvgIpc) is 2.53. The topological polar surface area (TPSA) is 77.8 Å². The van der Waals surface area contributed by atoms with Crippen molar-refractivity contribution in [3.05, 3.63) is 73.4 Å². The quantitative estimate of drug-likeness (QED) is 0.661. The van der Waals surface area contributed by atoms with Gasteiger partial charge in [0.25, 0.3) is 11.1 Å². The van der Waals surface area contributed by atoms with Gasteiger partial charge in [-0.05, 0) is 36.4 Å². The number of rotatable bonds is 3. The van der Waals surface area contributed by atoms with E-state index in [0.717, 1.165) is 12.1 Å². The van der Waals surface area contributed by atoms with Gasteiger partial charge in [0.05, 0.1) is 0 Å². The molecule has 0 aliphatic rings. The molecule has 9 heteroatoms. The van der Waals surface area contributed by atoms with E-state index in [0.29, 0.717) is 21.5 Å². The number of H-pyrrole nitrogens is 2. The van der Waals surface area contributed by atoms with Gasteiger partial charge in [-0.2, -0.15) is 13.2 Å². The molecule has 2 aromatic heterocycles. The van der Waals surface area contributed by atoms with Crippen LogP contribution in [0, 0.1) is 0 Å². The van der Waals surface area contributed by atoms with Crippen LogP contribution in [0.2, 0.25) is 5.02 Å². The number of hydrogen-bond donors (Lipinski definition) is 3. The Balaban J connectivity index is 1.87. The number of hydrogen-bond acceptors (Lipinski definition) is 3. The number of aromatic amines is 2. The summed E-state index contributed by atoms with van der Waals surface area (Å²) in [5, 5.41) is 3.86. The highest BCUT2D eigenvalue weighted by atomic mass is 35.5. The third kappa shape index (κ3) is 3.69. The molecule has 0 amide bonds. The lowest BCUT2D eigenvalue weighted by atomic mass is 10.1. The van der Waals surface area contributed by atoms with Crippen molar-refractivity contribution >= 4 is 28.2 Å². The van der Waals surface area contributed by atoms with Gasteiger partial charge >= 0.3 is 6.18 Å². The third-order valence-electron chi connectivity index (χ3n) is 3.57. The van der Waals surface area contributed by atoms with Crippen molar-refractivity contribution in [1.82, 2.24) is 9.97 Å². The van der Waals surface area contributed by atoms with Crippen LogP contribution in [0.5, 0.6) is 0 Å². The van der Waals surface area contributed by atoms with Crippen molar-refractivity contribution < 1.29 is 13.2 Å². The molecule has 0 fully saturated rings. The molecule has 3 aromatic rings. The average molecular weight is 370 g/mol. The van der Waals surface area contributed by atoms with E-state index in [1.807, 2.05) is 0 Å². The van der Waals surface area contributed by atoms with E-state index < -0.39 is 17.4 Å². The van der Waals surface area contributed by atoms with Crippen molar-refractivity contribution in [2.45, 2.75) is 12.7 Å². The standard InChI is InChI=1S/C16H11ClF3N3O2/c17-10-1-2-11-8(6-10)5-9(14(24)22-11)7-21-12-3-4-13(16(18,19)20)23-15(12)25/h1-6,21H,7H2,(H,22,24)(H,23,25). The minimum Gasteiger partial charge on any atom is -0.376 e. The van der Waals surface area contributed by atoms with E-state index in [-0.39, 0.29) is 17.8 Å². The van der Waals surface area contributed by atoms with Gasteiger partial charge in [0.2, 0.25) is 0 Å². The summed E-state index contributed by atoms with van der Waals surface area (Å²) >= 11 is 5.91. The van der Waals surface area contributed by atoms with Gasteiger partial charge in [0, 0.05) is 28.0 Å². The van der Waals surface area contributed by atoms with E-state index in [4.69, 9.17) is 11.6 Å². The Morgan fingerprint density at radius 1 is 1.00 bits per heavy atom. The summed E-state index contributed by atoms with van der Waals surface area (Å²) in [6.07, 6.45) is -4.63. The van der Waals surface area contributed by atoms with Gasteiger partial charge < -0.3 is 15.3 Å². The molecule has 5 nitrogen and oxygen atoms in total. The fraction of sp³-hybridized carbons (Fsp3) is 0.125. The molecule has 2 heterocycles. The molecule has 0 aliphatic heterocycles. The van der Waals surface area contributed by atoms with Crippen LogP contribution in [0.3, 0.4) is 0 Å².